The third-order valence-electron chi connectivity index (χ3n) is 4.65. The predicted molar refractivity (Wildman–Crippen MR) is 101 cm³/mol. The summed E-state index contributed by atoms with van der Waals surface area (Å²) in [6, 6.07) is 14.5. The van der Waals surface area contributed by atoms with Crippen molar-refractivity contribution in [3.05, 3.63) is 65.2 Å². The van der Waals surface area contributed by atoms with Crippen LogP contribution in [0.4, 0.5) is 5.69 Å². The molecule has 0 spiro atoms. The molecule has 2 amide bonds. The van der Waals surface area contributed by atoms with Crippen LogP contribution in [0.15, 0.2) is 48.5 Å². The van der Waals surface area contributed by atoms with E-state index in [9.17, 15) is 14.4 Å². The fraction of sp³-hybridized carbons (Fsp3) is 0.286. The van der Waals surface area contributed by atoms with E-state index in [1.54, 1.807) is 25.1 Å². The van der Waals surface area contributed by atoms with Crippen molar-refractivity contribution in [2.45, 2.75) is 32.3 Å². The smallest absolute Gasteiger partial charge is 0.339 e. The molecule has 0 radical (unpaired) electrons. The molecule has 2 aromatic rings. The van der Waals surface area contributed by atoms with Crippen molar-refractivity contribution >= 4 is 23.5 Å². The number of cyclic esters (lactones) is 1. The minimum absolute atomic E-state index is 0.203. The molecule has 1 unspecified atom stereocenters. The van der Waals surface area contributed by atoms with Crippen LogP contribution in [0, 0.1) is 0 Å². The number of benzene rings is 2. The number of esters is 1. The monoisotopic (exact) mass is 366 g/mol. The number of carbonyl (C=O) groups is 3. The standard InChI is InChI=1S/C21H22N2O4/c1-3-14-8-5-7-11-17(14)23-18(24)13-22-20(26)21(2)12-15-9-4-6-10-16(15)19(25)27-21/h4-11H,3,12-13H2,1-2H3,(H,22,26)(H,23,24). The Bertz CT molecular complexity index is 893. The summed E-state index contributed by atoms with van der Waals surface area (Å²) in [6.45, 7) is 3.36. The van der Waals surface area contributed by atoms with Gasteiger partial charge in [0.1, 0.15) is 0 Å². The lowest BCUT2D eigenvalue weighted by molar-refractivity contribution is -0.140. The summed E-state index contributed by atoms with van der Waals surface area (Å²) in [6.07, 6.45) is 1.05. The molecular weight excluding hydrogens is 344 g/mol. The summed E-state index contributed by atoms with van der Waals surface area (Å²) in [5.41, 5.74) is 1.63. The molecule has 0 aliphatic carbocycles. The Kier molecular flexibility index (Phi) is 5.26. The molecule has 1 aliphatic heterocycles. The topological polar surface area (TPSA) is 84.5 Å². The first kappa shape index (κ1) is 18.6. The first-order chi connectivity index (χ1) is 12.9. The first-order valence-corrected chi connectivity index (χ1v) is 8.90. The van der Waals surface area contributed by atoms with Gasteiger partial charge in [-0.1, -0.05) is 43.3 Å². The van der Waals surface area contributed by atoms with Gasteiger partial charge in [0, 0.05) is 12.1 Å². The van der Waals surface area contributed by atoms with E-state index in [4.69, 9.17) is 4.74 Å². The number of ether oxygens (including phenoxy) is 1. The minimum Gasteiger partial charge on any atom is -0.445 e. The summed E-state index contributed by atoms with van der Waals surface area (Å²) in [4.78, 5) is 37.0. The summed E-state index contributed by atoms with van der Waals surface area (Å²) in [5.74, 6) is -1.37. The summed E-state index contributed by atoms with van der Waals surface area (Å²) < 4.78 is 5.37. The van der Waals surface area contributed by atoms with Gasteiger partial charge in [0.15, 0.2) is 5.60 Å². The van der Waals surface area contributed by atoms with Crippen molar-refractivity contribution in [3.8, 4) is 0 Å². The Labute approximate surface area is 157 Å². The Balaban J connectivity index is 1.62. The van der Waals surface area contributed by atoms with E-state index in [1.165, 1.54) is 0 Å². The fourth-order valence-corrected chi connectivity index (χ4v) is 3.15. The van der Waals surface area contributed by atoms with Crippen LogP contribution in [0.5, 0.6) is 0 Å². The molecule has 140 valence electrons. The highest BCUT2D eigenvalue weighted by Gasteiger charge is 2.42. The molecule has 0 saturated carbocycles. The van der Waals surface area contributed by atoms with E-state index in [0.29, 0.717) is 5.56 Å². The normalized spacial score (nSPS) is 18.2. The first-order valence-electron chi connectivity index (χ1n) is 8.90. The van der Waals surface area contributed by atoms with Gasteiger partial charge in [-0.05, 0) is 36.6 Å². The molecule has 0 bridgehead atoms. The summed E-state index contributed by atoms with van der Waals surface area (Å²) in [7, 11) is 0. The van der Waals surface area contributed by atoms with Crippen LogP contribution < -0.4 is 10.6 Å². The lowest BCUT2D eigenvalue weighted by atomic mass is 9.89. The van der Waals surface area contributed by atoms with Gasteiger partial charge in [-0.15, -0.1) is 0 Å². The van der Waals surface area contributed by atoms with Gasteiger partial charge in [0.05, 0.1) is 12.1 Å². The Morgan fingerprint density at radius 2 is 1.81 bits per heavy atom. The number of anilines is 1. The Morgan fingerprint density at radius 3 is 2.59 bits per heavy atom. The second-order valence-electron chi connectivity index (χ2n) is 6.70. The van der Waals surface area contributed by atoms with E-state index < -0.39 is 17.5 Å². The minimum atomic E-state index is -1.34. The molecule has 27 heavy (non-hydrogen) atoms. The van der Waals surface area contributed by atoms with E-state index >= 15 is 0 Å². The highest BCUT2D eigenvalue weighted by Crippen LogP contribution is 2.28. The molecule has 0 aromatic heterocycles. The van der Waals surface area contributed by atoms with Crippen LogP contribution in [0.3, 0.4) is 0 Å². The molecule has 0 fully saturated rings. The predicted octanol–water partition coefficient (Wildman–Crippen LogP) is 2.48. The number of amides is 2. The molecule has 1 heterocycles. The SMILES string of the molecule is CCc1ccccc1NC(=O)CNC(=O)C1(C)Cc2ccccc2C(=O)O1. The second-order valence-corrected chi connectivity index (χ2v) is 6.70. The third-order valence-corrected chi connectivity index (χ3v) is 4.65. The maximum atomic E-state index is 12.6. The number of nitrogens with one attached hydrogen (secondary N) is 2. The largest absolute Gasteiger partial charge is 0.445 e. The van der Waals surface area contributed by atoms with E-state index in [2.05, 4.69) is 10.6 Å². The molecule has 6 nitrogen and oxygen atoms in total. The van der Waals surface area contributed by atoms with Crippen molar-refractivity contribution in [1.82, 2.24) is 5.32 Å². The molecule has 2 aromatic carbocycles. The number of hydrogen-bond acceptors (Lipinski definition) is 4. The fourth-order valence-electron chi connectivity index (χ4n) is 3.15. The van der Waals surface area contributed by atoms with Crippen molar-refractivity contribution in [3.63, 3.8) is 0 Å². The summed E-state index contributed by atoms with van der Waals surface area (Å²) in [5, 5.41) is 5.37. The Morgan fingerprint density at radius 1 is 1.11 bits per heavy atom. The van der Waals surface area contributed by atoms with Crippen LogP contribution in [0.25, 0.3) is 0 Å². The number of para-hydroxylation sites is 1. The second kappa shape index (κ2) is 7.61. The number of fused-ring (bicyclic) bond motifs is 1. The van der Waals surface area contributed by atoms with Crippen LogP contribution in [0.2, 0.25) is 0 Å². The van der Waals surface area contributed by atoms with Gasteiger partial charge in [-0.2, -0.15) is 0 Å². The van der Waals surface area contributed by atoms with Crippen LogP contribution >= 0.6 is 0 Å². The molecule has 1 atom stereocenters. The third kappa shape index (κ3) is 4.00. The van der Waals surface area contributed by atoms with Crippen molar-refractivity contribution in [2.75, 3.05) is 11.9 Å². The zero-order chi connectivity index (χ0) is 19.4. The molecule has 0 saturated heterocycles. The number of hydrogen-bond donors (Lipinski definition) is 2. The highest BCUT2D eigenvalue weighted by molar-refractivity contribution is 5.99. The van der Waals surface area contributed by atoms with Crippen LogP contribution in [0.1, 0.15) is 35.3 Å². The van der Waals surface area contributed by atoms with E-state index in [-0.39, 0.29) is 18.9 Å². The number of carbonyl (C=O) groups excluding carboxylic acids is 3. The van der Waals surface area contributed by atoms with Gasteiger partial charge in [0.2, 0.25) is 5.91 Å². The number of aryl methyl sites for hydroxylation is 1. The van der Waals surface area contributed by atoms with Crippen LogP contribution in [-0.4, -0.2) is 29.9 Å². The molecular formula is C21H22N2O4. The van der Waals surface area contributed by atoms with E-state index in [1.807, 2.05) is 37.3 Å². The zero-order valence-electron chi connectivity index (χ0n) is 15.4. The molecule has 2 N–H and O–H groups in total. The maximum absolute atomic E-state index is 12.6. The maximum Gasteiger partial charge on any atom is 0.339 e. The van der Waals surface area contributed by atoms with Crippen molar-refractivity contribution in [1.29, 1.82) is 0 Å². The molecule has 3 rings (SSSR count). The van der Waals surface area contributed by atoms with Gasteiger partial charge >= 0.3 is 5.97 Å². The summed E-state index contributed by atoms with van der Waals surface area (Å²) >= 11 is 0. The lowest BCUT2D eigenvalue weighted by Gasteiger charge is -2.32. The van der Waals surface area contributed by atoms with Crippen LogP contribution in [-0.2, 0) is 27.2 Å². The quantitative estimate of drug-likeness (QED) is 0.796. The Hall–Kier alpha value is -3.15. The number of rotatable bonds is 5. The van der Waals surface area contributed by atoms with Gasteiger partial charge < -0.3 is 15.4 Å². The average molecular weight is 366 g/mol. The van der Waals surface area contributed by atoms with E-state index in [0.717, 1.165) is 23.2 Å². The highest BCUT2D eigenvalue weighted by atomic mass is 16.6. The average Bonchev–Trinajstić information content (AvgIpc) is 2.66. The van der Waals surface area contributed by atoms with Gasteiger partial charge in [-0.25, -0.2) is 4.79 Å². The van der Waals surface area contributed by atoms with Crippen molar-refractivity contribution in [2.24, 2.45) is 0 Å². The molecule has 1 aliphatic rings. The van der Waals surface area contributed by atoms with Gasteiger partial charge in [0.25, 0.3) is 5.91 Å². The van der Waals surface area contributed by atoms with Gasteiger partial charge in [-0.3, -0.25) is 9.59 Å². The zero-order valence-corrected chi connectivity index (χ0v) is 15.4. The van der Waals surface area contributed by atoms with Crippen molar-refractivity contribution < 1.29 is 19.1 Å². The lowest BCUT2D eigenvalue weighted by Crippen LogP contribution is -2.52. The molecule has 6 heteroatoms.